The highest BCUT2D eigenvalue weighted by molar-refractivity contribution is 7.86. The molecule has 7 N–H and O–H groups in total. The minimum Gasteiger partial charge on any atom is -0.480 e. The first-order chi connectivity index (χ1) is 48.4. The van der Waals surface area contributed by atoms with E-state index in [0.717, 1.165) is 82.2 Å². The van der Waals surface area contributed by atoms with Crippen molar-refractivity contribution in [3.63, 3.8) is 0 Å². The Morgan fingerprint density at radius 2 is 1.48 bits per heavy atom. The summed E-state index contributed by atoms with van der Waals surface area (Å²) in [5.41, 5.74) is 11.6. The molecule has 6 aromatic carbocycles. The minimum absolute atomic E-state index is 0.167. The topological polar surface area (TPSA) is 294 Å². The van der Waals surface area contributed by atoms with Crippen LogP contribution < -0.4 is 42.6 Å². The Labute approximate surface area is 588 Å². The second kappa shape index (κ2) is 31.1. The van der Waals surface area contributed by atoms with Crippen molar-refractivity contribution in [2.24, 2.45) is 15.9 Å². The van der Waals surface area contributed by atoms with E-state index in [1.807, 2.05) is 36.4 Å². The normalized spacial score (nSPS) is 17.8. The lowest BCUT2D eigenvalue weighted by atomic mass is 9.78. The van der Waals surface area contributed by atoms with Crippen molar-refractivity contribution in [2.75, 3.05) is 42.9 Å². The van der Waals surface area contributed by atoms with Crippen LogP contribution >= 0.6 is 0 Å². The lowest BCUT2D eigenvalue weighted by molar-refractivity contribution is -0.438. The van der Waals surface area contributed by atoms with Gasteiger partial charge in [0.2, 0.25) is 11.6 Å². The number of benzene rings is 6. The van der Waals surface area contributed by atoms with Gasteiger partial charge in [0.15, 0.2) is 29.3 Å². The Balaban J connectivity index is 0.768. The summed E-state index contributed by atoms with van der Waals surface area (Å²) in [5.74, 6) is -2.39. The molecule has 1 aromatic heterocycles. The zero-order chi connectivity index (χ0) is 71.8. The molecule has 4 heterocycles. The molecule has 0 saturated carbocycles. The first-order valence-corrected chi connectivity index (χ1v) is 36.3. The second-order valence-corrected chi connectivity index (χ2v) is 29.8. The number of unbranched alkanes of at least 4 members (excludes halogenated alkanes) is 1. The fourth-order valence-corrected chi connectivity index (χ4v) is 14.7. The number of carbonyl (C=O) groups is 5. The van der Waals surface area contributed by atoms with Gasteiger partial charge in [-0.1, -0.05) is 107 Å². The van der Waals surface area contributed by atoms with Crippen LogP contribution in [0.2, 0.25) is 0 Å². The van der Waals surface area contributed by atoms with Gasteiger partial charge in [0, 0.05) is 90.2 Å². The first-order valence-electron chi connectivity index (χ1n) is 34.8. The Kier molecular flexibility index (Phi) is 22.2. The van der Waals surface area contributed by atoms with Crippen LogP contribution in [0.3, 0.4) is 0 Å². The highest BCUT2D eigenvalue weighted by Gasteiger charge is 2.46. The van der Waals surface area contributed by atoms with Gasteiger partial charge in [-0.2, -0.15) is 13.0 Å². The molecule has 4 aliphatic rings. The summed E-state index contributed by atoms with van der Waals surface area (Å²) >= 11 is 0. The van der Waals surface area contributed by atoms with Crippen molar-refractivity contribution in [2.45, 2.75) is 147 Å². The molecule has 7 aromatic rings. The summed E-state index contributed by atoms with van der Waals surface area (Å²) in [6, 6.07) is 38.0. The van der Waals surface area contributed by atoms with Gasteiger partial charge in [-0.3, -0.25) is 38.5 Å². The van der Waals surface area contributed by atoms with E-state index in [-0.39, 0.29) is 78.0 Å². The Hall–Kier alpha value is -10.2. The van der Waals surface area contributed by atoms with E-state index < -0.39 is 50.8 Å². The van der Waals surface area contributed by atoms with E-state index in [1.165, 1.54) is 46.2 Å². The Morgan fingerprint density at radius 3 is 2.18 bits per heavy atom. The molecule has 3 amide bonds. The first kappa shape index (κ1) is 72.1. The lowest BCUT2D eigenvalue weighted by Crippen LogP contribution is -2.47. The van der Waals surface area contributed by atoms with Crippen LogP contribution in [0.4, 0.5) is 17.1 Å². The van der Waals surface area contributed by atoms with Crippen molar-refractivity contribution in [3.8, 4) is 0 Å². The molecule has 3 aliphatic heterocycles. The number of ether oxygens (including phenoxy) is 1. The highest BCUT2D eigenvalue weighted by atomic mass is 32.2. The summed E-state index contributed by atoms with van der Waals surface area (Å²) in [6.07, 6.45) is 13.6. The molecule has 2 unspecified atom stereocenters. The van der Waals surface area contributed by atoms with Crippen LogP contribution in [0.1, 0.15) is 150 Å². The van der Waals surface area contributed by atoms with E-state index in [0.29, 0.717) is 49.6 Å². The van der Waals surface area contributed by atoms with Gasteiger partial charge in [0.1, 0.15) is 6.04 Å². The summed E-state index contributed by atoms with van der Waals surface area (Å²) in [4.78, 5) is 94.1. The molecule has 0 radical (unpaired) electrons. The number of aromatic nitrogens is 2. The summed E-state index contributed by atoms with van der Waals surface area (Å²) in [7, 11) is -4.28. The maximum atomic E-state index is 13.9. The molecule has 0 bridgehead atoms. The van der Waals surface area contributed by atoms with Crippen LogP contribution in [-0.2, 0) is 40.1 Å². The third-order valence-corrected chi connectivity index (χ3v) is 21.1. The molecule has 22 heteroatoms. The Bertz CT molecular complexity index is 4820. The van der Waals surface area contributed by atoms with E-state index >= 15 is 0 Å². The number of fused-ring (bicyclic) bond motifs is 7. The number of aromatic amines is 1. The van der Waals surface area contributed by atoms with Crippen LogP contribution in [0.15, 0.2) is 184 Å². The molecule has 11 rings (SSSR count). The summed E-state index contributed by atoms with van der Waals surface area (Å²) in [6.45, 7) is 17.6. The van der Waals surface area contributed by atoms with Gasteiger partial charge in [0.25, 0.3) is 34.0 Å². The molecule has 0 spiro atoms. The van der Waals surface area contributed by atoms with Gasteiger partial charge in [-0.05, 0) is 176 Å². The number of nitrogens with zero attached hydrogens (tertiary/aromatic N) is 5. The third kappa shape index (κ3) is 16.3. The molecule has 526 valence electrons. The van der Waals surface area contributed by atoms with Gasteiger partial charge in [-0.25, -0.2) is 9.78 Å². The molecule has 4 atom stereocenters. The summed E-state index contributed by atoms with van der Waals surface area (Å²) < 4.78 is 42.3. The van der Waals surface area contributed by atoms with Crippen molar-refractivity contribution < 1.29 is 51.4 Å². The summed E-state index contributed by atoms with van der Waals surface area (Å²) in [5, 5.41) is 25.2. The zero-order valence-corrected chi connectivity index (χ0v) is 59.0. The highest BCUT2D eigenvalue weighted by Crippen LogP contribution is 2.52. The van der Waals surface area contributed by atoms with Crippen molar-refractivity contribution in [1.29, 1.82) is 0 Å². The van der Waals surface area contributed by atoms with E-state index in [2.05, 4.69) is 177 Å². The molecule has 0 fully saturated rings. The molecule has 101 heavy (non-hydrogen) atoms. The lowest BCUT2D eigenvalue weighted by Gasteiger charge is -2.28. The smallest absolute Gasteiger partial charge is 0.326 e. The van der Waals surface area contributed by atoms with E-state index in [1.54, 1.807) is 19.1 Å². The fraction of sp³-hybridized carbons (Fsp3) is 0.367. The van der Waals surface area contributed by atoms with Gasteiger partial charge >= 0.3 is 5.97 Å². The van der Waals surface area contributed by atoms with Crippen LogP contribution in [0.25, 0.3) is 27.1 Å². The van der Waals surface area contributed by atoms with Gasteiger partial charge in [0.05, 0.1) is 29.6 Å². The number of nitrogens with one attached hydrogen (secondary N) is 5. The predicted octanol–water partition coefficient (Wildman–Crippen LogP) is 10.9. The maximum Gasteiger partial charge on any atom is 0.326 e. The predicted molar refractivity (Wildman–Crippen MR) is 393 cm³/mol. The fourth-order valence-electron chi connectivity index (χ4n) is 14.3. The third-order valence-electron chi connectivity index (χ3n) is 19.8. The maximum absolute atomic E-state index is 13.9. The average Bonchev–Trinajstić information content (AvgIpc) is 1.58. The van der Waals surface area contributed by atoms with E-state index in [9.17, 15) is 46.8 Å². The molecular formula is C79H89N10O11S+. The average molecular weight is 1390 g/mol. The van der Waals surface area contributed by atoms with Crippen LogP contribution in [0.5, 0.6) is 0 Å². The largest absolute Gasteiger partial charge is 0.480 e. The monoisotopic (exact) mass is 1390 g/mol. The number of hydrogen-bond donors (Lipinski definition) is 7. The van der Waals surface area contributed by atoms with Gasteiger partial charge < -0.3 is 41.0 Å². The Morgan fingerprint density at radius 1 is 0.782 bits per heavy atom. The zero-order valence-electron chi connectivity index (χ0n) is 58.2. The quantitative estimate of drug-likeness (QED) is 0.00755. The van der Waals surface area contributed by atoms with Crippen LogP contribution in [0, 0.1) is 5.92 Å². The molecule has 1 aliphatic carbocycles. The SMILES string of the molecule is CC(C)CCN1/C(=C/C=C2\CCCC(/C=C/C3=[N+](CCC(C)S(=O)(=O)O)c4ccc5ccccc5c4C3(C)C)=C2c2ccc(C(=O)NCCCC[C@H](NC(=O)CC[C@H](NC(=O)c3ccc(NCC4CN=c5nc[nH]c(=O)c5=N4)cc3)C(=O)O)OC=O)cc2)C(C)(C)c2c1ccc1ccccc21. The molecule has 0 saturated heterocycles. The van der Waals surface area contributed by atoms with Gasteiger partial charge in [-0.15, -0.1) is 0 Å². The van der Waals surface area contributed by atoms with Crippen molar-refractivity contribution in [3.05, 3.63) is 218 Å². The molecule has 21 nitrogen and oxygen atoms in total. The number of rotatable bonds is 29. The number of carboxylic acid groups (broad SMARTS) is 1. The van der Waals surface area contributed by atoms with Crippen molar-refractivity contribution in [1.82, 2.24) is 25.9 Å². The second-order valence-electron chi connectivity index (χ2n) is 27.9. The number of allylic oxidation sites excluding steroid dienone is 8. The number of hydrogen-bond acceptors (Lipinski definition) is 14. The number of carboxylic acids is 1. The van der Waals surface area contributed by atoms with E-state index in [4.69, 9.17) is 4.74 Å². The standard InChI is InChI=1S/C79H88N10O11S/c1-49(2)40-43-88-63-35-28-51-15-8-10-19-60(51)70(63)78(4,5)65(88)37-30-53-17-14-18-54(31-38-66-79(6,7)71-61-20-11-9-16-52(61)29-36-64(71)89(66)44-41-50(3)101(97,98)99)69(53)55-22-24-56(25-23-55)74(92)80-42-13-12-21-68(100-48-90)87-67(91)39-34-62(77(95)96)86-75(93)57-26-32-58(33-27-57)81-45-59-46-82-73-72(85-59)76(94)84-47-83-73/h8-11,15-16,19-20,22-33,35-38,47-50,59,62,68H,12-14,17-18,21,34,39-46H2,1-7H3,(H6-,80,81,82,83,84,86,87,91,92,93,94,95,96,97,98,99)/p+1/t50?,59?,62-,68+/m0/s1. The van der Waals surface area contributed by atoms with Crippen molar-refractivity contribution >= 4 is 90.2 Å². The number of aliphatic carboxylic acids is 1. The number of anilines is 2. The number of H-pyrrole nitrogens is 1. The van der Waals surface area contributed by atoms with Crippen LogP contribution in [-0.4, -0.2) is 125 Å². The number of amides is 3. The number of carbonyl (C=O) groups excluding carboxylic acids is 4. The molecular weight excluding hydrogens is 1300 g/mol. The minimum atomic E-state index is -4.28.